The van der Waals surface area contributed by atoms with Gasteiger partial charge in [-0.3, -0.25) is 4.79 Å². The number of amides is 1. The van der Waals surface area contributed by atoms with Gasteiger partial charge in [-0.25, -0.2) is 0 Å². The molecule has 0 unspecified atom stereocenters. The quantitative estimate of drug-likeness (QED) is 0.604. The first-order chi connectivity index (χ1) is 11.2. The molecule has 0 saturated carbocycles. The summed E-state index contributed by atoms with van der Waals surface area (Å²) >= 11 is 0. The minimum Gasteiger partial charge on any atom is -0.365 e. The maximum atomic E-state index is 12.6. The summed E-state index contributed by atoms with van der Waals surface area (Å²) in [6.45, 7) is 3.20. The molecule has 3 nitrogen and oxygen atoms in total. The number of nitrogens with zero attached hydrogens (tertiary/aromatic N) is 1. The summed E-state index contributed by atoms with van der Waals surface area (Å²) < 4.78 is 5.33. The molecule has 0 radical (unpaired) electrons. The molecule has 0 bridgehead atoms. The third-order valence-corrected chi connectivity index (χ3v) is 3.93. The highest BCUT2D eigenvalue weighted by atomic mass is 16.6. The molecule has 0 aliphatic carbocycles. The van der Waals surface area contributed by atoms with Crippen molar-refractivity contribution < 1.29 is 9.53 Å². The van der Waals surface area contributed by atoms with Gasteiger partial charge in [0.2, 0.25) is 5.91 Å². The van der Waals surface area contributed by atoms with Crippen LogP contribution in [-0.4, -0.2) is 23.0 Å². The van der Waals surface area contributed by atoms with Crippen molar-refractivity contribution in [3.8, 4) is 0 Å². The highest BCUT2D eigenvalue weighted by molar-refractivity contribution is 5.87. The molecule has 0 N–H and O–H groups in total. The monoisotopic (exact) mass is 307 g/mol. The van der Waals surface area contributed by atoms with Crippen molar-refractivity contribution in [3.05, 3.63) is 83.9 Å². The van der Waals surface area contributed by atoms with Gasteiger partial charge in [-0.2, -0.15) is 0 Å². The van der Waals surface area contributed by atoms with E-state index in [0.29, 0.717) is 13.1 Å². The third-order valence-electron chi connectivity index (χ3n) is 3.93. The average Bonchev–Trinajstić information content (AvgIpc) is 3.29. The third kappa shape index (κ3) is 4.54. The van der Waals surface area contributed by atoms with E-state index in [1.807, 2.05) is 78.6 Å². The predicted molar refractivity (Wildman–Crippen MR) is 90.6 cm³/mol. The van der Waals surface area contributed by atoms with Crippen molar-refractivity contribution >= 4 is 5.91 Å². The summed E-state index contributed by atoms with van der Waals surface area (Å²) in [4.78, 5) is 14.4. The maximum Gasteiger partial charge on any atom is 0.246 e. The smallest absolute Gasteiger partial charge is 0.246 e. The normalized spacial score (nSPS) is 19.7. The van der Waals surface area contributed by atoms with Gasteiger partial charge in [-0.15, -0.1) is 0 Å². The van der Waals surface area contributed by atoms with E-state index in [1.165, 1.54) is 0 Å². The molecule has 0 spiro atoms. The van der Waals surface area contributed by atoms with Crippen LogP contribution in [0.2, 0.25) is 0 Å². The van der Waals surface area contributed by atoms with Crippen LogP contribution in [0.4, 0.5) is 0 Å². The van der Waals surface area contributed by atoms with Crippen molar-refractivity contribution in [2.24, 2.45) is 0 Å². The van der Waals surface area contributed by atoms with Crippen LogP contribution >= 0.6 is 0 Å². The summed E-state index contributed by atoms with van der Waals surface area (Å²) in [7, 11) is 0. The number of hydrogen-bond donors (Lipinski definition) is 0. The van der Waals surface area contributed by atoms with Gasteiger partial charge in [0.1, 0.15) is 6.10 Å². The second kappa shape index (κ2) is 7.25. The van der Waals surface area contributed by atoms with E-state index >= 15 is 0 Å². The Bertz CT molecular complexity index is 625. The molecule has 2 aromatic carbocycles. The first-order valence-electron chi connectivity index (χ1n) is 7.93. The number of rotatable bonds is 6. The van der Waals surface area contributed by atoms with Crippen LogP contribution < -0.4 is 0 Å². The Balaban J connectivity index is 1.72. The van der Waals surface area contributed by atoms with E-state index in [-0.39, 0.29) is 18.1 Å². The van der Waals surface area contributed by atoms with E-state index in [9.17, 15) is 4.79 Å². The summed E-state index contributed by atoms with van der Waals surface area (Å²) in [5, 5.41) is 0. The minimum absolute atomic E-state index is 0.0143. The van der Waals surface area contributed by atoms with Crippen molar-refractivity contribution in [2.75, 3.05) is 0 Å². The van der Waals surface area contributed by atoms with Crippen LogP contribution in [0.15, 0.2) is 72.8 Å². The van der Waals surface area contributed by atoms with Crippen LogP contribution in [0.5, 0.6) is 0 Å². The van der Waals surface area contributed by atoms with E-state index in [4.69, 9.17) is 4.74 Å². The van der Waals surface area contributed by atoms with Crippen LogP contribution in [0.1, 0.15) is 18.1 Å². The van der Waals surface area contributed by atoms with Gasteiger partial charge in [0.15, 0.2) is 0 Å². The fraction of sp³-hybridized carbons (Fsp3) is 0.250. The fourth-order valence-corrected chi connectivity index (χ4v) is 2.51. The molecule has 1 fully saturated rings. The topological polar surface area (TPSA) is 32.8 Å². The summed E-state index contributed by atoms with van der Waals surface area (Å²) in [5.41, 5.74) is 2.25. The molecule has 3 heteroatoms. The first-order valence-corrected chi connectivity index (χ1v) is 7.93. The molecule has 23 heavy (non-hydrogen) atoms. The van der Waals surface area contributed by atoms with Crippen molar-refractivity contribution in [1.29, 1.82) is 0 Å². The molecule has 2 atom stereocenters. The van der Waals surface area contributed by atoms with Gasteiger partial charge in [0, 0.05) is 19.2 Å². The van der Waals surface area contributed by atoms with Gasteiger partial charge in [-0.05, 0) is 24.1 Å². The lowest BCUT2D eigenvalue weighted by molar-refractivity contribution is -0.127. The number of hydrogen-bond acceptors (Lipinski definition) is 2. The molecule has 1 amide bonds. The Labute approximate surface area is 137 Å². The molecule has 1 aliphatic rings. The molecule has 3 rings (SSSR count). The predicted octanol–water partition coefficient (Wildman–Crippen LogP) is 3.56. The molecule has 1 aliphatic heterocycles. The van der Waals surface area contributed by atoms with E-state index in [0.717, 1.165) is 11.1 Å². The largest absolute Gasteiger partial charge is 0.365 e. The van der Waals surface area contributed by atoms with E-state index in [2.05, 4.69) is 0 Å². The Morgan fingerprint density at radius 3 is 1.91 bits per heavy atom. The number of carbonyl (C=O) groups is 1. The van der Waals surface area contributed by atoms with Gasteiger partial charge in [-0.1, -0.05) is 60.7 Å². The number of ether oxygens (including phenoxy) is 1. The highest BCUT2D eigenvalue weighted by Gasteiger charge is 2.31. The Kier molecular flexibility index (Phi) is 4.89. The van der Waals surface area contributed by atoms with Crippen molar-refractivity contribution in [3.63, 3.8) is 0 Å². The van der Waals surface area contributed by atoms with Crippen molar-refractivity contribution in [1.82, 2.24) is 4.90 Å². The van der Waals surface area contributed by atoms with Crippen LogP contribution in [0.3, 0.4) is 0 Å². The van der Waals surface area contributed by atoms with E-state index in [1.54, 1.807) is 6.08 Å². The lowest BCUT2D eigenvalue weighted by Crippen LogP contribution is -2.28. The lowest BCUT2D eigenvalue weighted by atomic mass is 10.1. The Morgan fingerprint density at radius 1 is 1.00 bits per heavy atom. The van der Waals surface area contributed by atoms with Crippen LogP contribution in [-0.2, 0) is 22.6 Å². The molecule has 118 valence electrons. The molecule has 1 heterocycles. The Morgan fingerprint density at radius 2 is 1.48 bits per heavy atom. The van der Waals surface area contributed by atoms with Crippen LogP contribution in [0.25, 0.3) is 0 Å². The molecular weight excluding hydrogens is 286 g/mol. The van der Waals surface area contributed by atoms with Gasteiger partial charge in [0.05, 0.1) is 6.10 Å². The van der Waals surface area contributed by atoms with Gasteiger partial charge < -0.3 is 9.64 Å². The average molecular weight is 307 g/mol. The standard InChI is InChI=1S/C20H21NO2/c1-16-19(23-16)12-13-20(22)21(14-17-8-4-2-5-9-17)15-18-10-6-3-7-11-18/h2-13,16,19H,14-15H2,1H3/b13-12+/t16-,19-/m1/s1. The van der Waals surface area contributed by atoms with E-state index < -0.39 is 0 Å². The number of carbonyl (C=O) groups excluding carboxylic acids is 1. The second-order valence-corrected chi connectivity index (χ2v) is 5.83. The maximum absolute atomic E-state index is 12.6. The zero-order chi connectivity index (χ0) is 16.1. The summed E-state index contributed by atoms with van der Waals surface area (Å²) in [6.07, 6.45) is 3.82. The SMILES string of the molecule is C[C@H]1O[C@@H]1/C=C/C(=O)N(Cc1ccccc1)Cc1ccccc1. The zero-order valence-corrected chi connectivity index (χ0v) is 13.3. The summed E-state index contributed by atoms with van der Waals surface area (Å²) in [5.74, 6) is 0.0143. The molecule has 0 aromatic heterocycles. The van der Waals surface area contributed by atoms with Gasteiger partial charge >= 0.3 is 0 Å². The molecule has 1 saturated heterocycles. The number of benzene rings is 2. The second-order valence-electron chi connectivity index (χ2n) is 5.83. The Hall–Kier alpha value is -2.39. The summed E-state index contributed by atoms with van der Waals surface area (Å²) in [6, 6.07) is 20.1. The minimum atomic E-state index is 0.0143. The lowest BCUT2D eigenvalue weighted by Gasteiger charge is -2.21. The fourth-order valence-electron chi connectivity index (χ4n) is 2.51. The number of epoxide rings is 1. The highest BCUT2D eigenvalue weighted by Crippen LogP contribution is 2.22. The van der Waals surface area contributed by atoms with Crippen molar-refractivity contribution in [2.45, 2.75) is 32.2 Å². The van der Waals surface area contributed by atoms with Crippen LogP contribution in [0, 0.1) is 0 Å². The molecule has 2 aromatic rings. The zero-order valence-electron chi connectivity index (χ0n) is 13.3. The molecular formula is C20H21NO2. The first kappa shape index (κ1) is 15.5. The van der Waals surface area contributed by atoms with Gasteiger partial charge in [0.25, 0.3) is 0 Å².